The van der Waals surface area contributed by atoms with E-state index in [4.69, 9.17) is 0 Å². The summed E-state index contributed by atoms with van der Waals surface area (Å²) in [4.78, 5) is 26.0. The average Bonchev–Trinajstić information content (AvgIpc) is 3.52. The topological polar surface area (TPSA) is 90.7 Å². The monoisotopic (exact) mass is 482 g/mol. The van der Waals surface area contributed by atoms with Crippen molar-refractivity contribution in [2.24, 2.45) is 0 Å². The van der Waals surface area contributed by atoms with Crippen LogP contribution < -0.4 is 15.5 Å². The van der Waals surface area contributed by atoms with E-state index in [0.29, 0.717) is 18.0 Å². The molecule has 2 aliphatic heterocycles. The third-order valence-electron chi connectivity index (χ3n) is 7.11. The second kappa shape index (κ2) is 8.60. The molecule has 0 aliphatic carbocycles. The smallest absolute Gasteiger partial charge is 0.251 e. The van der Waals surface area contributed by atoms with Gasteiger partial charge < -0.3 is 15.5 Å². The lowest BCUT2D eigenvalue weighted by Crippen LogP contribution is -2.53. The van der Waals surface area contributed by atoms with Crippen molar-refractivity contribution in [1.82, 2.24) is 29.8 Å². The van der Waals surface area contributed by atoms with Gasteiger partial charge in [-0.05, 0) is 62.7 Å². The van der Waals surface area contributed by atoms with Crippen LogP contribution in [0.3, 0.4) is 0 Å². The maximum atomic E-state index is 11.9. The summed E-state index contributed by atoms with van der Waals surface area (Å²) in [5.41, 5.74) is 6.49. The summed E-state index contributed by atoms with van der Waals surface area (Å²) in [5, 5.41) is 10.7. The first-order valence-corrected chi connectivity index (χ1v) is 12.3. The Labute approximate surface area is 210 Å². The van der Waals surface area contributed by atoms with E-state index >= 15 is 0 Å². The maximum absolute atomic E-state index is 11.9. The van der Waals surface area contributed by atoms with Gasteiger partial charge in [0.05, 0.1) is 11.9 Å². The summed E-state index contributed by atoms with van der Waals surface area (Å²) in [7, 11) is 0. The number of aromatic nitrogens is 4. The molecule has 0 bridgehead atoms. The molecule has 1 fully saturated rings. The van der Waals surface area contributed by atoms with Crippen molar-refractivity contribution >= 4 is 28.7 Å². The van der Waals surface area contributed by atoms with E-state index in [9.17, 15) is 4.79 Å². The molecule has 0 saturated carbocycles. The Morgan fingerprint density at radius 2 is 1.75 bits per heavy atom. The minimum Gasteiger partial charge on any atom is -0.369 e. The van der Waals surface area contributed by atoms with E-state index < -0.39 is 0 Å². The number of hydrogen-bond acceptors (Lipinski definition) is 7. The van der Waals surface area contributed by atoms with Gasteiger partial charge in [-0.15, -0.1) is 0 Å². The Hall–Kier alpha value is -3.98. The molecular formula is C27H30N8O. The number of hydrogen-bond donors (Lipinski definition) is 2. The fraction of sp³-hybridized carbons (Fsp3) is 0.333. The Morgan fingerprint density at radius 1 is 0.972 bits per heavy atom. The highest BCUT2D eigenvalue weighted by Gasteiger charge is 2.26. The van der Waals surface area contributed by atoms with Gasteiger partial charge in [0.1, 0.15) is 6.33 Å². The molecule has 1 amide bonds. The van der Waals surface area contributed by atoms with Crippen molar-refractivity contribution in [3.63, 3.8) is 0 Å². The van der Waals surface area contributed by atoms with Gasteiger partial charge in [-0.25, -0.2) is 14.5 Å². The lowest BCUT2D eigenvalue weighted by Gasteiger charge is -2.43. The van der Waals surface area contributed by atoms with E-state index in [0.717, 1.165) is 54.3 Å². The Morgan fingerprint density at radius 3 is 2.50 bits per heavy atom. The number of piperazine rings is 1. The molecule has 9 nitrogen and oxygen atoms in total. The van der Waals surface area contributed by atoms with Gasteiger partial charge in [0.25, 0.3) is 5.91 Å². The molecule has 2 aromatic carbocycles. The van der Waals surface area contributed by atoms with E-state index in [-0.39, 0.29) is 11.4 Å². The van der Waals surface area contributed by atoms with Crippen molar-refractivity contribution in [3.05, 3.63) is 66.1 Å². The summed E-state index contributed by atoms with van der Waals surface area (Å²) in [6.45, 7) is 11.6. The van der Waals surface area contributed by atoms with Crippen molar-refractivity contribution in [2.75, 3.05) is 36.4 Å². The van der Waals surface area contributed by atoms with Crippen molar-refractivity contribution in [2.45, 2.75) is 32.9 Å². The largest absolute Gasteiger partial charge is 0.369 e. The summed E-state index contributed by atoms with van der Waals surface area (Å²) in [5.74, 6) is 0.610. The van der Waals surface area contributed by atoms with Gasteiger partial charge in [0.2, 0.25) is 0 Å². The predicted molar refractivity (Wildman–Crippen MR) is 141 cm³/mol. The predicted octanol–water partition coefficient (Wildman–Crippen LogP) is 3.70. The molecule has 9 heteroatoms. The quantitative estimate of drug-likeness (QED) is 0.458. The van der Waals surface area contributed by atoms with Gasteiger partial charge in [-0.2, -0.15) is 5.10 Å². The van der Waals surface area contributed by atoms with Crippen LogP contribution in [0.15, 0.2) is 55.0 Å². The first-order chi connectivity index (χ1) is 17.4. The second-order valence-corrected chi connectivity index (χ2v) is 10.4. The van der Waals surface area contributed by atoms with E-state index in [1.165, 1.54) is 12.0 Å². The Bertz CT molecular complexity index is 1430. The third kappa shape index (κ3) is 4.05. The van der Waals surface area contributed by atoms with E-state index in [1.54, 1.807) is 10.7 Å². The molecule has 6 rings (SSSR count). The first-order valence-electron chi connectivity index (χ1n) is 12.3. The molecule has 2 aliphatic rings. The van der Waals surface area contributed by atoms with Crippen LogP contribution in [0.4, 0.5) is 17.2 Å². The van der Waals surface area contributed by atoms with Gasteiger partial charge in [-0.1, -0.05) is 6.07 Å². The molecule has 0 atom stereocenters. The minimum atomic E-state index is -0.0293. The molecular weight excluding hydrogens is 452 g/mol. The third-order valence-corrected chi connectivity index (χ3v) is 7.11. The van der Waals surface area contributed by atoms with E-state index in [1.807, 2.05) is 18.2 Å². The summed E-state index contributed by atoms with van der Waals surface area (Å²) < 4.78 is 1.78. The number of fused-ring (bicyclic) bond motifs is 2. The summed E-state index contributed by atoms with van der Waals surface area (Å²) in [6.07, 6.45) is 3.32. The van der Waals surface area contributed by atoms with Crippen LogP contribution in [0.25, 0.3) is 16.9 Å². The number of carbonyl (C=O) groups excluding carboxylic acids is 1. The Kier molecular flexibility index (Phi) is 5.37. The Balaban J connectivity index is 1.20. The van der Waals surface area contributed by atoms with Gasteiger partial charge in [-0.3, -0.25) is 9.69 Å². The van der Waals surface area contributed by atoms with Crippen LogP contribution in [0.5, 0.6) is 0 Å². The minimum absolute atomic E-state index is 0.0293. The molecule has 36 heavy (non-hydrogen) atoms. The molecule has 1 saturated heterocycles. The zero-order chi connectivity index (χ0) is 24.9. The highest BCUT2D eigenvalue weighted by atomic mass is 16.1. The second-order valence-electron chi connectivity index (χ2n) is 10.4. The molecule has 0 radical (unpaired) electrons. The van der Waals surface area contributed by atoms with Crippen LogP contribution in [-0.4, -0.2) is 62.1 Å². The first kappa shape index (κ1) is 22.5. The molecule has 184 valence electrons. The van der Waals surface area contributed by atoms with Crippen molar-refractivity contribution < 1.29 is 4.79 Å². The van der Waals surface area contributed by atoms with Gasteiger partial charge in [0.15, 0.2) is 11.5 Å². The fourth-order valence-electron chi connectivity index (χ4n) is 5.02. The zero-order valence-corrected chi connectivity index (χ0v) is 20.8. The number of carbonyl (C=O) groups is 1. The van der Waals surface area contributed by atoms with E-state index in [2.05, 4.69) is 80.5 Å². The summed E-state index contributed by atoms with van der Waals surface area (Å²) in [6, 6.07) is 14.3. The molecule has 4 aromatic rings. The molecule has 0 spiro atoms. The number of anilines is 3. The number of benzene rings is 2. The maximum Gasteiger partial charge on any atom is 0.251 e. The standard InChI is InChI=1S/C27H30N8O/c1-27(2,3)34-12-10-33(11-13-34)21-7-5-20(6-8-21)32-24-25-30-17-31-35(25)23(16-28-24)18-4-9-22-19(14-18)15-29-26(22)36/h4-9,14,16-17H,10-13,15H2,1-3H3,(H,28,32)(H,29,36). The van der Waals surface area contributed by atoms with Crippen LogP contribution >= 0.6 is 0 Å². The lowest BCUT2D eigenvalue weighted by molar-refractivity contribution is 0.0965. The number of rotatable bonds is 4. The van der Waals surface area contributed by atoms with Gasteiger partial charge in [0, 0.05) is 60.8 Å². The number of amides is 1. The summed E-state index contributed by atoms with van der Waals surface area (Å²) >= 11 is 0. The normalized spacial score (nSPS) is 16.3. The SMILES string of the molecule is CC(C)(C)N1CCN(c2ccc(Nc3ncc(-c4ccc5c(c4)CNC5=O)n4ncnc34)cc2)CC1. The molecule has 2 N–H and O–H groups in total. The number of nitrogens with zero attached hydrogens (tertiary/aromatic N) is 6. The number of nitrogens with one attached hydrogen (secondary N) is 2. The average molecular weight is 483 g/mol. The highest BCUT2D eigenvalue weighted by Crippen LogP contribution is 2.28. The van der Waals surface area contributed by atoms with Crippen LogP contribution in [0, 0.1) is 0 Å². The van der Waals surface area contributed by atoms with Crippen LogP contribution in [0.2, 0.25) is 0 Å². The molecule has 4 heterocycles. The van der Waals surface area contributed by atoms with Gasteiger partial charge >= 0.3 is 0 Å². The highest BCUT2D eigenvalue weighted by molar-refractivity contribution is 5.98. The zero-order valence-electron chi connectivity index (χ0n) is 20.8. The van der Waals surface area contributed by atoms with Crippen LogP contribution in [0.1, 0.15) is 36.7 Å². The lowest BCUT2D eigenvalue weighted by atomic mass is 10.0. The molecule has 0 unspecified atom stereocenters. The fourth-order valence-corrected chi connectivity index (χ4v) is 5.02. The van der Waals surface area contributed by atoms with Crippen molar-refractivity contribution in [3.8, 4) is 11.3 Å². The van der Waals surface area contributed by atoms with Crippen LogP contribution in [-0.2, 0) is 6.54 Å². The van der Waals surface area contributed by atoms with Crippen molar-refractivity contribution in [1.29, 1.82) is 0 Å². The molecule has 2 aromatic heterocycles.